The summed E-state index contributed by atoms with van der Waals surface area (Å²) >= 11 is 9.93. The topological polar surface area (TPSA) is 150 Å². The van der Waals surface area contributed by atoms with Crippen molar-refractivity contribution < 1.29 is 29.0 Å². The highest BCUT2D eigenvalue weighted by molar-refractivity contribution is 7.80. The van der Waals surface area contributed by atoms with Crippen LogP contribution in [0.15, 0.2) is 54.6 Å². The van der Waals surface area contributed by atoms with Gasteiger partial charge in [0.15, 0.2) is 10.2 Å². The summed E-state index contributed by atoms with van der Waals surface area (Å²) in [6.45, 7) is 0. The molecule has 0 aromatic heterocycles. The molecule has 0 bridgehead atoms. The van der Waals surface area contributed by atoms with Crippen molar-refractivity contribution in [1.29, 1.82) is 0 Å². The Morgan fingerprint density at radius 1 is 0.719 bits per heavy atom. The van der Waals surface area contributed by atoms with Gasteiger partial charge < -0.3 is 25.2 Å². The quantitative estimate of drug-likeness (QED) is 0.361. The lowest BCUT2D eigenvalue weighted by Gasteiger charge is -2.15. The number of methoxy groups -OCH3 is 2. The van der Waals surface area contributed by atoms with Gasteiger partial charge in [-0.2, -0.15) is 0 Å². The smallest absolute Gasteiger partial charge is 0.413 e. The molecule has 0 saturated carbocycles. The number of rotatable bonds is 3. The molecule has 0 atom stereocenters. The fraction of sp³-hybridized carbons (Fsp3) is 0.105. The molecule has 0 saturated heterocycles. The minimum absolute atomic E-state index is 0.0490. The Labute approximate surface area is 194 Å². The van der Waals surface area contributed by atoms with Crippen molar-refractivity contribution in [1.82, 2.24) is 10.6 Å². The first-order chi connectivity index (χ1) is 15.2. The van der Waals surface area contributed by atoms with E-state index in [1.807, 2.05) is 6.07 Å². The van der Waals surface area contributed by atoms with Crippen molar-refractivity contribution in [2.45, 2.75) is 0 Å². The number of anilines is 3. The maximum absolute atomic E-state index is 11.1. The fourth-order valence-electron chi connectivity index (χ4n) is 1.94. The Morgan fingerprint density at radius 3 is 1.50 bits per heavy atom. The summed E-state index contributed by atoms with van der Waals surface area (Å²) in [6.07, 6.45) is -2.41. The van der Waals surface area contributed by atoms with Crippen molar-refractivity contribution in [3.8, 4) is 0 Å². The third-order valence-electron chi connectivity index (χ3n) is 3.25. The molecule has 0 heterocycles. The zero-order valence-corrected chi connectivity index (χ0v) is 18.6. The number of carbonyl (C=O) groups excluding carboxylic acids is 2. The Balaban J connectivity index is 0.000000425. The van der Waals surface area contributed by atoms with E-state index >= 15 is 0 Å². The molecule has 0 aliphatic rings. The largest absolute Gasteiger partial charge is 0.465 e. The molecule has 0 spiro atoms. The zero-order valence-electron chi connectivity index (χ0n) is 17.0. The van der Waals surface area contributed by atoms with E-state index in [0.717, 1.165) is 0 Å². The third-order valence-corrected chi connectivity index (χ3v) is 3.66. The Morgan fingerprint density at radius 2 is 1.12 bits per heavy atom. The SMILES string of the molecule is COC(=O)NC(=S)Nc1ccccc1NC(=S)NC(=O)OC.O=C(O)Nc1ccccc1. The van der Waals surface area contributed by atoms with Crippen molar-refractivity contribution >= 4 is 70.0 Å². The van der Waals surface area contributed by atoms with Crippen molar-refractivity contribution in [2.75, 3.05) is 30.2 Å². The molecule has 0 fully saturated rings. The maximum Gasteiger partial charge on any atom is 0.413 e. The highest BCUT2D eigenvalue weighted by Gasteiger charge is 2.09. The van der Waals surface area contributed by atoms with Gasteiger partial charge in [0.2, 0.25) is 0 Å². The summed E-state index contributed by atoms with van der Waals surface area (Å²) in [5.41, 5.74) is 1.67. The van der Waals surface area contributed by atoms with Crippen LogP contribution in [0.5, 0.6) is 0 Å². The van der Waals surface area contributed by atoms with E-state index in [0.29, 0.717) is 17.1 Å². The average molecular weight is 480 g/mol. The number of thiocarbonyl (C=S) groups is 2. The summed E-state index contributed by atoms with van der Waals surface area (Å²) in [5, 5.41) is 20.8. The minimum Gasteiger partial charge on any atom is -0.465 e. The number of alkyl carbamates (subject to hydrolysis) is 2. The summed E-state index contributed by atoms with van der Waals surface area (Å²) in [6, 6.07) is 15.7. The number of ether oxygens (including phenoxy) is 2. The highest BCUT2D eigenvalue weighted by atomic mass is 32.1. The van der Waals surface area contributed by atoms with Gasteiger partial charge in [0, 0.05) is 5.69 Å². The summed E-state index contributed by atoms with van der Waals surface area (Å²) in [4.78, 5) is 32.2. The van der Waals surface area contributed by atoms with Gasteiger partial charge in [-0.25, -0.2) is 14.4 Å². The summed E-state index contributed by atoms with van der Waals surface area (Å²) < 4.78 is 8.87. The minimum atomic E-state index is -1.04. The first kappa shape index (κ1) is 26.1. The van der Waals surface area contributed by atoms with Gasteiger partial charge in [-0.15, -0.1) is 0 Å². The van der Waals surface area contributed by atoms with Crippen molar-refractivity contribution in [3.63, 3.8) is 0 Å². The number of nitrogens with one attached hydrogen (secondary N) is 5. The fourth-order valence-corrected chi connectivity index (χ4v) is 2.33. The molecule has 3 amide bonds. The lowest BCUT2D eigenvalue weighted by molar-refractivity contribution is 0.176. The van der Waals surface area contributed by atoms with Crippen LogP contribution in [0, 0.1) is 0 Å². The van der Waals surface area contributed by atoms with E-state index in [1.165, 1.54) is 14.2 Å². The van der Waals surface area contributed by atoms with E-state index in [9.17, 15) is 14.4 Å². The van der Waals surface area contributed by atoms with Crippen molar-refractivity contribution in [3.05, 3.63) is 54.6 Å². The van der Waals surface area contributed by atoms with Gasteiger partial charge in [-0.3, -0.25) is 16.0 Å². The molecule has 0 unspecified atom stereocenters. The van der Waals surface area contributed by atoms with Crippen molar-refractivity contribution in [2.24, 2.45) is 0 Å². The van der Waals surface area contributed by atoms with E-state index in [-0.39, 0.29) is 10.2 Å². The van der Waals surface area contributed by atoms with E-state index in [1.54, 1.807) is 48.5 Å². The average Bonchev–Trinajstić information content (AvgIpc) is 2.75. The van der Waals surface area contributed by atoms with Crippen LogP contribution in [0.2, 0.25) is 0 Å². The molecular formula is C19H21N5O6S2. The van der Waals surface area contributed by atoms with E-state index in [4.69, 9.17) is 29.5 Å². The van der Waals surface area contributed by atoms with E-state index < -0.39 is 18.3 Å². The Hall–Kier alpha value is -3.97. The Kier molecular flexibility index (Phi) is 11.5. The molecule has 32 heavy (non-hydrogen) atoms. The van der Waals surface area contributed by atoms with Gasteiger partial charge in [-0.05, 0) is 48.7 Å². The molecule has 2 aromatic carbocycles. The second-order valence-corrected chi connectivity index (χ2v) is 6.30. The third kappa shape index (κ3) is 10.7. The summed E-state index contributed by atoms with van der Waals surface area (Å²) in [7, 11) is 2.45. The van der Waals surface area contributed by atoms with Crippen LogP contribution in [-0.2, 0) is 9.47 Å². The Bertz CT molecular complexity index is 907. The second-order valence-electron chi connectivity index (χ2n) is 5.48. The molecule has 13 heteroatoms. The molecule has 2 aromatic rings. The number of hydrogen-bond donors (Lipinski definition) is 6. The molecule has 2 rings (SSSR count). The van der Waals surface area contributed by atoms with Crippen LogP contribution in [0.3, 0.4) is 0 Å². The van der Waals surface area contributed by atoms with Gasteiger partial charge in [-0.1, -0.05) is 30.3 Å². The molecule has 0 radical (unpaired) electrons. The van der Waals surface area contributed by atoms with Crippen LogP contribution in [0.4, 0.5) is 31.4 Å². The van der Waals surface area contributed by atoms with E-state index in [2.05, 4.69) is 36.1 Å². The number of carboxylic acid groups (broad SMARTS) is 1. The van der Waals surface area contributed by atoms with Crippen LogP contribution in [-0.4, -0.2) is 47.8 Å². The molecular weight excluding hydrogens is 458 g/mol. The van der Waals surface area contributed by atoms with Gasteiger partial charge in [0.1, 0.15) is 0 Å². The normalized spacial score (nSPS) is 9.06. The molecule has 0 aliphatic heterocycles. The first-order valence-corrected chi connectivity index (χ1v) is 9.52. The second kappa shape index (κ2) is 14.1. The van der Waals surface area contributed by atoms with Crippen LogP contribution in [0.1, 0.15) is 0 Å². The van der Waals surface area contributed by atoms with Crippen LogP contribution in [0.25, 0.3) is 0 Å². The monoisotopic (exact) mass is 479 g/mol. The predicted octanol–water partition coefficient (Wildman–Crippen LogP) is 3.57. The van der Waals surface area contributed by atoms with Crippen LogP contribution >= 0.6 is 24.4 Å². The maximum atomic E-state index is 11.1. The zero-order chi connectivity index (χ0) is 23.9. The molecule has 170 valence electrons. The molecule has 11 nitrogen and oxygen atoms in total. The standard InChI is InChI=1S/C12H14N4O4S2.C7H7NO2/c1-19-11(17)15-9(21)13-7-5-3-4-6-8(7)14-10(22)16-12(18)20-2;9-7(10)8-6-4-2-1-3-5-6/h3-6H,1-2H3,(H2,13,15,17,21)(H2,14,16,18,22);1-5,8H,(H,9,10). The lowest BCUT2D eigenvalue weighted by atomic mass is 10.2. The summed E-state index contributed by atoms with van der Waals surface area (Å²) in [5.74, 6) is 0. The lowest BCUT2D eigenvalue weighted by Crippen LogP contribution is -2.35. The number of hydrogen-bond acceptors (Lipinski definition) is 7. The number of carbonyl (C=O) groups is 3. The predicted molar refractivity (Wildman–Crippen MR) is 128 cm³/mol. The highest BCUT2D eigenvalue weighted by Crippen LogP contribution is 2.20. The molecule has 6 N–H and O–H groups in total. The van der Waals surface area contributed by atoms with Gasteiger partial charge in [0.05, 0.1) is 25.6 Å². The molecule has 0 aliphatic carbocycles. The van der Waals surface area contributed by atoms with Gasteiger partial charge in [0.25, 0.3) is 0 Å². The number of para-hydroxylation sites is 3. The number of amides is 3. The number of benzene rings is 2. The van der Waals surface area contributed by atoms with Gasteiger partial charge >= 0.3 is 18.3 Å². The van der Waals surface area contributed by atoms with Crippen LogP contribution < -0.4 is 26.6 Å². The first-order valence-electron chi connectivity index (χ1n) is 8.71.